The third kappa shape index (κ3) is 5.93. The van der Waals surface area contributed by atoms with Crippen molar-refractivity contribution in [1.29, 1.82) is 0 Å². The first kappa shape index (κ1) is 18.4. The van der Waals surface area contributed by atoms with Crippen molar-refractivity contribution >= 4 is 17.7 Å². The Balaban J connectivity index is 1.71. The fourth-order valence-electron chi connectivity index (χ4n) is 2.29. The van der Waals surface area contributed by atoms with Crippen molar-refractivity contribution in [3.05, 3.63) is 65.7 Å². The van der Waals surface area contributed by atoms with Crippen molar-refractivity contribution in [2.24, 2.45) is 0 Å². The highest BCUT2D eigenvalue weighted by atomic mass is 32.2. The van der Waals surface area contributed by atoms with E-state index < -0.39 is 6.10 Å². The van der Waals surface area contributed by atoms with Gasteiger partial charge in [-0.1, -0.05) is 55.5 Å². The van der Waals surface area contributed by atoms with Gasteiger partial charge in [-0.25, -0.2) is 0 Å². The summed E-state index contributed by atoms with van der Waals surface area (Å²) in [6.45, 7) is 4.61. The molecule has 1 atom stereocenters. The highest BCUT2D eigenvalue weighted by molar-refractivity contribution is 7.98. The number of nitrogens with one attached hydrogen (secondary N) is 1. The average molecular weight is 343 g/mol. The van der Waals surface area contributed by atoms with Gasteiger partial charge in [0.1, 0.15) is 5.75 Å². The number of hydrogen-bond donors (Lipinski definition) is 1. The molecule has 0 unspecified atom stereocenters. The second-order valence-corrected chi connectivity index (χ2v) is 6.71. The van der Waals surface area contributed by atoms with Gasteiger partial charge in [-0.3, -0.25) is 4.79 Å². The molecule has 0 fully saturated rings. The number of carbonyl (C=O) groups is 1. The predicted octanol–water partition coefficient (Wildman–Crippen LogP) is 4.20. The minimum atomic E-state index is -0.440. The van der Waals surface area contributed by atoms with E-state index in [2.05, 4.69) is 17.4 Å². The Bertz CT molecular complexity index is 631. The van der Waals surface area contributed by atoms with Crippen LogP contribution in [0.25, 0.3) is 0 Å². The first-order chi connectivity index (χ1) is 11.7. The molecule has 128 valence electrons. The summed E-state index contributed by atoms with van der Waals surface area (Å²) >= 11 is 1.82. The number of carbonyl (C=O) groups excluding carboxylic acids is 1. The van der Waals surface area contributed by atoms with Gasteiger partial charge in [0.25, 0.3) is 5.91 Å². The lowest BCUT2D eigenvalue weighted by Gasteiger charge is -2.18. The normalized spacial score (nSPS) is 11.8. The maximum absolute atomic E-state index is 12.3. The smallest absolute Gasteiger partial charge is 0.261 e. The Kier molecular flexibility index (Phi) is 7.69. The number of benzene rings is 2. The number of hydrogen-bond acceptors (Lipinski definition) is 3. The van der Waals surface area contributed by atoms with E-state index in [9.17, 15) is 4.79 Å². The molecule has 2 aromatic rings. The van der Waals surface area contributed by atoms with E-state index in [1.807, 2.05) is 68.1 Å². The molecular formula is C20H25NO2S. The third-order valence-electron chi connectivity index (χ3n) is 3.68. The molecule has 0 aliphatic carbocycles. The van der Waals surface area contributed by atoms with E-state index in [1.54, 1.807) is 0 Å². The zero-order valence-corrected chi connectivity index (χ0v) is 15.1. The number of amides is 1. The van der Waals surface area contributed by atoms with Crippen LogP contribution in [-0.2, 0) is 10.5 Å². The summed E-state index contributed by atoms with van der Waals surface area (Å²) in [6, 6.07) is 18.1. The van der Waals surface area contributed by atoms with Crippen molar-refractivity contribution < 1.29 is 9.53 Å². The fourth-order valence-corrected chi connectivity index (χ4v) is 3.11. The predicted molar refractivity (Wildman–Crippen MR) is 101 cm³/mol. The van der Waals surface area contributed by atoms with Crippen molar-refractivity contribution in [1.82, 2.24) is 5.32 Å². The summed E-state index contributed by atoms with van der Waals surface area (Å²) in [6.07, 6.45) is 0.211. The molecule has 0 radical (unpaired) electrons. The maximum atomic E-state index is 12.3. The molecule has 0 saturated carbocycles. The summed E-state index contributed by atoms with van der Waals surface area (Å²) in [5, 5.41) is 2.97. The Morgan fingerprint density at radius 2 is 1.83 bits per heavy atom. The molecule has 2 rings (SSSR count). The number of para-hydroxylation sites is 1. The zero-order chi connectivity index (χ0) is 17.2. The molecule has 0 spiro atoms. The van der Waals surface area contributed by atoms with Crippen LogP contribution in [-0.4, -0.2) is 24.3 Å². The highest BCUT2D eigenvalue weighted by Gasteiger charge is 2.18. The molecule has 0 saturated heterocycles. The monoisotopic (exact) mass is 343 g/mol. The van der Waals surface area contributed by atoms with E-state index in [0.29, 0.717) is 13.0 Å². The quantitative estimate of drug-likeness (QED) is 0.694. The van der Waals surface area contributed by atoms with E-state index in [-0.39, 0.29) is 5.91 Å². The molecule has 0 heterocycles. The van der Waals surface area contributed by atoms with E-state index in [4.69, 9.17) is 4.74 Å². The Labute approximate surface area is 148 Å². The number of aryl methyl sites for hydroxylation is 1. The lowest BCUT2D eigenvalue weighted by molar-refractivity contribution is -0.128. The van der Waals surface area contributed by atoms with Crippen LogP contribution < -0.4 is 10.1 Å². The van der Waals surface area contributed by atoms with Gasteiger partial charge in [0.2, 0.25) is 0 Å². The first-order valence-electron chi connectivity index (χ1n) is 8.32. The summed E-state index contributed by atoms with van der Waals surface area (Å²) in [7, 11) is 0. The summed E-state index contributed by atoms with van der Waals surface area (Å²) in [5.74, 6) is 2.59. The molecule has 2 aromatic carbocycles. The van der Waals surface area contributed by atoms with E-state index in [1.165, 1.54) is 5.56 Å². The van der Waals surface area contributed by atoms with Crippen LogP contribution in [0.3, 0.4) is 0 Å². The molecule has 0 aromatic heterocycles. The van der Waals surface area contributed by atoms with Crippen LogP contribution in [0.1, 0.15) is 24.5 Å². The molecule has 3 nitrogen and oxygen atoms in total. The van der Waals surface area contributed by atoms with Gasteiger partial charge in [-0.05, 0) is 30.5 Å². The zero-order valence-electron chi connectivity index (χ0n) is 14.3. The second kappa shape index (κ2) is 10.0. The summed E-state index contributed by atoms with van der Waals surface area (Å²) < 4.78 is 5.86. The van der Waals surface area contributed by atoms with Crippen LogP contribution in [0, 0.1) is 6.92 Å². The van der Waals surface area contributed by atoms with E-state index >= 15 is 0 Å². The second-order valence-electron chi connectivity index (χ2n) is 5.61. The van der Waals surface area contributed by atoms with E-state index in [0.717, 1.165) is 22.8 Å². The summed E-state index contributed by atoms with van der Waals surface area (Å²) in [5.41, 5.74) is 2.35. The topological polar surface area (TPSA) is 38.3 Å². The summed E-state index contributed by atoms with van der Waals surface area (Å²) in [4.78, 5) is 12.3. The minimum Gasteiger partial charge on any atom is -0.480 e. The number of thioether (sulfide) groups is 1. The highest BCUT2D eigenvalue weighted by Crippen LogP contribution is 2.19. The maximum Gasteiger partial charge on any atom is 0.261 e. The van der Waals surface area contributed by atoms with Crippen LogP contribution >= 0.6 is 11.8 Å². The van der Waals surface area contributed by atoms with Crippen molar-refractivity contribution in [3.63, 3.8) is 0 Å². The van der Waals surface area contributed by atoms with Gasteiger partial charge in [0.15, 0.2) is 6.10 Å². The Morgan fingerprint density at radius 1 is 1.12 bits per heavy atom. The van der Waals surface area contributed by atoms with Gasteiger partial charge in [-0.15, -0.1) is 0 Å². The molecular weight excluding hydrogens is 318 g/mol. The van der Waals surface area contributed by atoms with Crippen molar-refractivity contribution in [2.45, 2.75) is 32.1 Å². The molecule has 0 bridgehead atoms. The largest absolute Gasteiger partial charge is 0.480 e. The Morgan fingerprint density at radius 3 is 2.54 bits per heavy atom. The van der Waals surface area contributed by atoms with Gasteiger partial charge in [0, 0.05) is 18.1 Å². The van der Waals surface area contributed by atoms with Crippen LogP contribution in [0.15, 0.2) is 54.6 Å². The standard InChI is InChI=1S/C20H25NO2S/c1-3-18(23-19-12-8-7-9-16(19)2)20(22)21-13-14-24-15-17-10-5-4-6-11-17/h4-12,18H,3,13-15H2,1-2H3,(H,21,22)/t18-/m1/s1. The average Bonchev–Trinajstić information content (AvgIpc) is 2.61. The number of ether oxygens (including phenoxy) is 1. The van der Waals surface area contributed by atoms with Crippen molar-refractivity contribution in [3.8, 4) is 5.75 Å². The van der Waals surface area contributed by atoms with Gasteiger partial charge in [0.05, 0.1) is 0 Å². The molecule has 0 aliphatic heterocycles. The van der Waals surface area contributed by atoms with Crippen LogP contribution in [0.2, 0.25) is 0 Å². The van der Waals surface area contributed by atoms with Gasteiger partial charge >= 0.3 is 0 Å². The molecule has 0 aliphatic rings. The molecule has 4 heteroatoms. The minimum absolute atomic E-state index is 0.0407. The van der Waals surface area contributed by atoms with Gasteiger partial charge in [-0.2, -0.15) is 11.8 Å². The fraction of sp³-hybridized carbons (Fsp3) is 0.350. The van der Waals surface area contributed by atoms with Crippen molar-refractivity contribution in [2.75, 3.05) is 12.3 Å². The molecule has 1 N–H and O–H groups in total. The lowest BCUT2D eigenvalue weighted by atomic mass is 10.2. The SMILES string of the molecule is CC[C@@H](Oc1ccccc1C)C(=O)NCCSCc1ccccc1. The van der Waals surface area contributed by atoms with Crippen LogP contribution in [0.4, 0.5) is 0 Å². The molecule has 24 heavy (non-hydrogen) atoms. The van der Waals surface area contributed by atoms with Gasteiger partial charge < -0.3 is 10.1 Å². The lowest BCUT2D eigenvalue weighted by Crippen LogP contribution is -2.39. The molecule has 1 amide bonds. The first-order valence-corrected chi connectivity index (χ1v) is 9.48. The van der Waals surface area contributed by atoms with Crippen LogP contribution in [0.5, 0.6) is 5.75 Å². The number of rotatable bonds is 9. The third-order valence-corrected chi connectivity index (χ3v) is 4.71. The Hall–Kier alpha value is -1.94.